The third-order valence-electron chi connectivity index (χ3n) is 3.41. The van der Waals surface area contributed by atoms with E-state index in [2.05, 4.69) is 34.0 Å². The molecule has 1 aromatic rings. The van der Waals surface area contributed by atoms with Gasteiger partial charge in [-0.3, -0.25) is 0 Å². The van der Waals surface area contributed by atoms with Gasteiger partial charge in [-0.25, -0.2) is 4.98 Å². The van der Waals surface area contributed by atoms with Gasteiger partial charge in [-0.1, -0.05) is 6.07 Å². The van der Waals surface area contributed by atoms with Crippen LogP contribution in [0.5, 0.6) is 0 Å². The van der Waals surface area contributed by atoms with Crippen molar-refractivity contribution in [1.29, 1.82) is 0 Å². The minimum absolute atomic E-state index is 0.199. The number of nitrogens with zero attached hydrogens (tertiary/aromatic N) is 3. The number of anilines is 1. The monoisotopic (exact) mass is 248 g/mol. The SMILES string of the molecule is CC(N)Cc1ccc(N2CCCN(C)CC2)nc1. The van der Waals surface area contributed by atoms with Crippen LogP contribution in [-0.4, -0.2) is 49.2 Å². The summed E-state index contributed by atoms with van der Waals surface area (Å²) in [5, 5.41) is 0. The second-order valence-corrected chi connectivity index (χ2v) is 5.35. The van der Waals surface area contributed by atoms with Crippen LogP contribution in [0.1, 0.15) is 18.9 Å². The molecule has 1 unspecified atom stereocenters. The van der Waals surface area contributed by atoms with Gasteiger partial charge in [0.15, 0.2) is 0 Å². The molecule has 0 spiro atoms. The molecule has 0 aliphatic carbocycles. The fourth-order valence-corrected chi connectivity index (χ4v) is 2.37. The Labute approximate surface area is 110 Å². The number of likely N-dealkylation sites (N-methyl/N-ethyl adjacent to an activating group) is 1. The summed E-state index contributed by atoms with van der Waals surface area (Å²) in [5.41, 5.74) is 7.02. The summed E-state index contributed by atoms with van der Waals surface area (Å²) in [7, 11) is 2.18. The van der Waals surface area contributed by atoms with Crippen LogP contribution in [0.25, 0.3) is 0 Å². The van der Waals surface area contributed by atoms with Crippen LogP contribution >= 0.6 is 0 Å². The maximum Gasteiger partial charge on any atom is 0.128 e. The molecule has 0 saturated carbocycles. The van der Waals surface area contributed by atoms with Crippen molar-refractivity contribution in [2.75, 3.05) is 38.1 Å². The normalized spacial score (nSPS) is 19.6. The zero-order valence-corrected chi connectivity index (χ0v) is 11.5. The molecule has 0 aromatic carbocycles. The fraction of sp³-hybridized carbons (Fsp3) is 0.643. The first kappa shape index (κ1) is 13.3. The van der Waals surface area contributed by atoms with Gasteiger partial charge in [-0.15, -0.1) is 0 Å². The summed E-state index contributed by atoms with van der Waals surface area (Å²) in [5.74, 6) is 1.10. The molecule has 1 atom stereocenters. The summed E-state index contributed by atoms with van der Waals surface area (Å²) in [6.45, 7) is 6.49. The van der Waals surface area contributed by atoms with Crippen LogP contribution in [0.2, 0.25) is 0 Å². The van der Waals surface area contributed by atoms with E-state index in [1.54, 1.807) is 0 Å². The van der Waals surface area contributed by atoms with Crippen LogP contribution in [0.3, 0.4) is 0 Å². The van der Waals surface area contributed by atoms with Crippen molar-refractivity contribution in [1.82, 2.24) is 9.88 Å². The van der Waals surface area contributed by atoms with E-state index >= 15 is 0 Å². The third kappa shape index (κ3) is 3.68. The number of pyridine rings is 1. The average Bonchev–Trinajstić information content (AvgIpc) is 2.54. The summed E-state index contributed by atoms with van der Waals surface area (Å²) < 4.78 is 0. The Bertz CT molecular complexity index is 361. The van der Waals surface area contributed by atoms with Gasteiger partial charge in [0.05, 0.1) is 0 Å². The van der Waals surface area contributed by atoms with Crippen molar-refractivity contribution in [3.05, 3.63) is 23.9 Å². The highest BCUT2D eigenvalue weighted by atomic mass is 15.2. The van der Waals surface area contributed by atoms with E-state index in [1.807, 2.05) is 13.1 Å². The standard InChI is InChI=1S/C14H24N4/c1-12(15)10-13-4-5-14(16-11-13)18-7-3-6-17(2)8-9-18/h4-5,11-12H,3,6-10,15H2,1-2H3. The first-order valence-electron chi connectivity index (χ1n) is 6.79. The van der Waals surface area contributed by atoms with E-state index < -0.39 is 0 Å². The Morgan fingerprint density at radius 1 is 1.28 bits per heavy atom. The Balaban J connectivity index is 2.00. The second-order valence-electron chi connectivity index (χ2n) is 5.35. The van der Waals surface area contributed by atoms with Gasteiger partial charge >= 0.3 is 0 Å². The lowest BCUT2D eigenvalue weighted by Gasteiger charge is -2.21. The molecule has 1 fully saturated rings. The zero-order valence-electron chi connectivity index (χ0n) is 11.5. The molecule has 1 saturated heterocycles. The van der Waals surface area contributed by atoms with Gasteiger partial charge in [0.1, 0.15) is 5.82 Å². The molecule has 4 nitrogen and oxygen atoms in total. The fourth-order valence-electron chi connectivity index (χ4n) is 2.37. The van der Waals surface area contributed by atoms with E-state index in [9.17, 15) is 0 Å². The lowest BCUT2D eigenvalue weighted by molar-refractivity contribution is 0.360. The maximum absolute atomic E-state index is 5.80. The Morgan fingerprint density at radius 2 is 2.11 bits per heavy atom. The Morgan fingerprint density at radius 3 is 2.78 bits per heavy atom. The van der Waals surface area contributed by atoms with Gasteiger partial charge in [0.2, 0.25) is 0 Å². The predicted octanol–water partition coefficient (Wildman–Crippen LogP) is 1.11. The van der Waals surface area contributed by atoms with E-state index in [0.717, 1.165) is 31.9 Å². The number of aromatic nitrogens is 1. The molecule has 2 rings (SSSR count). The summed E-state index contributed by atoms with van der Waals surface area (Å²) in [6.07, 6.45) is 4.07. The highest BCUT2D eigenvalue weighted by Crippen LogP contribution is 2.14. The molecule has 1 aliphatic rings. The van der Waals surface area contributed by atoms with Gasteiger partial charge in [-0.05, 0) is 45.0 Å². The highest BCUT2D eigenvalue weighted by Gasteiger charge is 2.13. The lowest BCUT2D eigenvalue weighted by Crippen LogP contribution is -2.29. The molecule has 18 heavy (non-hydrogen) atoms. The van der Waals surface area contributed by atoms with Crippen molar-refractivity contribution in [3.8, 4) is 0 Å². The topological polar surface area (TPSA) is 45.4 Å². The van der Waals surface area contributed by atoms with E-state index in [1.165, 1.54) is 18.5 Å². The quantitative estimate of drug-likeness (QED) is 0.870. The molecular weight excluding hydrogens is 224 g/mol. The lowest BCUT2D eigenvalue weighted by atomic mass is 10.1. The Kier molecular flexibility index (Phi) is 4.55. The summed E-state index contributed by atoms with van der Waals surface area (Å²) in [4.78, 5) is 9.33. The number of rotatable bonds is 3. The summed E-state index contributed by atoms with van der Waals surface area (Å²) in [6, 6.07) is 4.48. The highest BCUT2D eigenvalue weighted by molar-refractivity contribution is 5.39. The molecule has 0 radical (unpaired) electrons. The minimum Gasteiger partial charge on any atom is -0.355 e. The van der Waals surface area contributed by atoms with Crippen molar-refractivity contribution in [3.63, 3.8) is 0 Å². The summed E-state index contributed by atoms with van der Waals surface area (Å²) >= 11 is 0. The molecule has 0 amide bonds. The smallest absolute Gasteiger partial charge is 0.128 e. The first-order valence-corrected chi connectivity index (χ1v) is 6.79. The maximum atomic E-state index is 5.80. The van der Waals surface area contributed by atoms with Crippen molar-refractivity contribution in [2.24, 2.45) is 5.73 Å². The molecule has 1 aliphatic heterocycles. The molecule has 4 heteroatoms. The van der Waals surface area contributed by atoms with Crippen LogP contribution in [0, 0.1) is 0 Å². The van der Waals surface area contributed by atoms with E-state index in [-0.39, 0.29) is 6.04 Å². The first-order chi connectivity index (χ1) is 8.65. The molecule has 100 valence electrons. The Hall–Kier alpha value is -1.13. The largest absolute Gasteiger partial charge is 0.355 e. The third-order valence-corrected chi connectivity index (χ3v) is 3.41. The van der Waals surface area contributed by atoms with Gasteiger partial charge in [-0.2, -0.15) is 0 Å². The number of hydrogen-bond donors (Lipinski definition) is 1. The van der Waals surface area contributed by atoms with Crippen LogP contribution in [-0.2, 0) is 6.42 Å². The van der Waals surface area contributed by atoms with Crippen molar-refractivity contribution >= 4 is 5.82 Å². The van der Waals surface area contributed by atoms with Crippen LogP contribution in [0.4, 0.5) is 5.82 Å². The average molecular weight is 248 g/mol. The van der Waals surface area contributed by atoms with Gasteiger partial charge in [0.25, 0.3) is 0 Å². The van der Waals surface area contributed by atoms with E-state index in [0.29, 0.717) is 0 Å². The molecule has 1 aromatic heterocycles. The molecule has 2 heterocycles. The molecule has 0 bridgehead atoms. The molecular formula is C14H24N4. The second kappa shape index (κ2) is 6.16. The minimum atomic E-state index is 0.199. The van der Waals surface area contributed by atoms with Gasteiger partial charge < -0.3 is 15.5 Å². The van der Waals surface area contributed by atoms with Crippen molar-refractivity contribution in [2.45, 2.75) is 25.8 Å². The van der Waals surface area contributed by atoms with Crippen LogP contribution < -0.4 is 10.6 Å². The van der Waals surface area contributed by atoms with Gasteiger partial charge in [0, 0.05) is 31.9 Å². The van der Waals surface area contributed by atoms with E-state index in [4.69, 9.17) is 5.73 Å². The number of hydrogen-bond acceptors (Lipinski definition) is 4. The zero-order chi connectivity index (χ0) is 13.0. The van der Waals surface area contributed by atoms with Crippen molar-refractivity contribution < 1.29 is 0 Å². The number of nitrogens with two attached hydrogens (primary N) is 1. The van der Waals surface area contributed by atoms with Crippen LogP contribution in [0.15, 0.2) is 18.3 Å². The molecule has 2 N–H and O–H groups in total. The predicted molar refractivity (Wildman–Crippen MR) is 75.9 cm³/mol.